The third-order valence-electron chi connectivity index (χ3n) is 4.07. The lowest BCUT2D eigenvalue weighted by Gasteiger charge is -2.12. The van der Waals surface area contributed by atoms with Crippen molar-refractivity contribution in [1.29, 1.82) is 0 Å². The van der Waals surface area contributed by atoms with Crippen LogP contribution in [-0.4, -0.2) is 24.2 Å². The summed E-state index contributed by atoms with van der Waals surface area (Å²) in [6.07, 6.45) is 0.749. The van der Waals surface area contributed by atoms with E-state index in [4.69, 9.17) is 21.1 Å². The molecule has 0 aliphatic rings. The number of ether oxygens (including phenoxy) is 2. The summed E-state index contributed by atoms with van der Waals surface area (Å²) in [6, 6.07) is 20.7. The van der Waals surface area contributed by atoms with Crippen molar-refractivity contribution in [2.45, 2.75) is 13.0 Å². The largest absolute Gasteiger partial charge is 0.481 e. The van der Waals surface area contributed by atoms with Crippen molar-refractivity contribution in [3.63, 3.8) is 0 Å². The van der Waals surface area contributed by atoms with Crippen molar-refractivity contribution in [2.75, 3.05) is 0 Å². The van der Waals surface area contributed by atoms with Gasteiger partial charge < -0.3 is 9.47 Å². The Balaban J connectivity index is 1.51. The Morgan fingerprint density at radius 3 is 2.32 bits per heavy atom. The molecule has 0 radical (unpaired) electrons. The Morgan fingerprint density at radius 2 is 1.65 bits per heavy atom. The average molecular weight is 549 g/mol. The number of nitrogens with one attached hydrogen (secondary N) is 1. The molecule has 0 aromatic heterocycles. The zero-order chi connectivity index (χ0) is 22.2. The molecule has 1 atom stereocenters. The predicted molar refractivity (Wildman–Crippen MR) is 128 cm³/mol. The van der Waals surface area contributed by atoms with E-state index in [0.29, 0.717) is 22.1 Å². The fourth-order valence-electron chi connectivity index (χ4n) is 2.44. The molecule has 0 spiro atoms. The summed E-state index contributed by atoms with van der Waals surface area (Å²) in [4.78, 5) is 24.4. The van der Waals surface area contributed by atoms with Crippen LogP contribution < -0.4 is 14.9 Å². The molecule has 6 nitrogen and oxygen atoms in total. The van der Waals surface area contributed by atoms with Gasteiger partial charge in [-0.1, -0.05) is 23.7 Å². The van der Waals surface area contributed by atoms with Gasteiger partial charge in [-0.05, 0) is 95.7 Å². The van der Waals surface area contributed by atoms with Gasteiger partial charge in [0.15, 0.2) is 6.10 Å². The standard InChI is InChI=1S/C23H18ClIN2O4/c1-15(30-18-12-8-17(24)9-13-18)22(28)27-26-14-16-6-10-19(11-7-16)31-23(29)20-4-2-3-5-21(20)25/h2-15H,1H3,(H,27,28)/b26-14-/t15-/m0/s1. The second-order valence-corrected chi connectivity index (χ2v) is 7.99. The minimum atomic E-state index is -0.735. The van der Waals surface area contributed by atoms with Crippen molar-refractivity contribution in [2.24, 2.45) is 5.10 Å². The lowest BCUT2D eigenvalue weighted by molar-refractivity contribution is -0.127. The number of halogens is 2. The van der Waals surface area contributed by atoms with Gasteiger partial charge in [-0.2, -0.15) is 5.10 Å². The lowest BCUT2D eigenvalue weighted by atomic mass is 10.2. The minimum Gasteiger partial charge on any atom is -0.481 e. The number of hydrogen-bond acceptors (Lipinski definition) is 5. The second kappa shape index (κ2) is 10.9. The minimum absolute atomic E-state index is 0.394. The fraction of sp³-hybridized carbons (Fsp3) is 0.0870. The van der Waals surface area contributed by atoms with Crippen molar-refractivity contribution in [3.05, 3.63) is 92.5 Å². The van der Waals surface area contributed by atoms with Gasteiger partial charge in [-0.3, -0.25) is 4.79 Å². The molecule has 3 aromatic carbocycles. The maximum absolute atomic E-state index is 12.3. The van der Waals surface area contributed by atoms with Crippen molar-refractivity contribution in [1.82, 2.24) is 5.43 Å². The van der Waals surface area contributed by atoms with Crippen LogP contribution in [0.15, 0.2) is 77.9 Å². The summed E-state index contributed by atoms with van der Waals surface area (Å²) in [5.74, 6) is 0.129. The number of nitrogens with zero attached hydrogens (tertiary/aromatic N) is 1. The fourth-order valence-corrected chi connectivity index (χ4v) is 3.18. The van der Waals surface area contributed by atoms with Crippen LogP contribution in [0.2, 0.25) is 5.02 Å². The van der Waals surface area contributed by atoms with E-state index in [2.05, 4.69) is 33.1 Å². The molecule has 1 N–H and O–H groups in total. The van der Waals surface area contributed by atoms with E-state index in [9.17, 15) is 9.59 Å². The Bertz CT molecular complexity index is 1090. The summed E-state index contributed by atoms with van der Waals surface area (Å²) in [6.45, 7) is 1.62. The lowest BCUT2D eigenvalue weighted by Crippen LogP contribution is -2.33. The maximum Gasteiger partial charge on any atom is 0.344 e. The Labute approximate surface area is 198 Å². The van der Waals surface area contributed by atoms with Gasteiger partial charge in [0, 0.05) is 8.59 Å². The summed E-state index contributed by atoms with van der Waals surface area (Å²) >= 11 is 7.92. The zero-order valence-corrected chi connectivity index (χ0v) is 19.3. The maximum atomic E-state index is 12.3. The van der Waals surface area contributed by atoms with E-state index < -0.39 is 18.0 Å². The molecule has 1 amide bonds. The van der Waals surface area contributed by atoms with Crippen molar-refractivity contribution in [3.8, 4) is 11.5 Å². The van der Waals surface area contributed by atoms with E-state index in [1.807, 2.05) is 12.1 Å². The molecule has 0 fully saturated rings. The molecule has 0 aliphatic heterocycles. The van der Waals surface area contributed by atoms with Crippen LogP contribution in [0.25, 0.3) is 0 Å². The van der Waals surface area contributed by atoms with Gasteiger partial charge in [-0.15, -0.1) is 0 Å². The highest BCUT2D eigenvalue weighted by Crippen LogP contribution is 2.18. The number of hydrazone groups is 1. The number of rotatable bonds is 7. The van der Waals surface area contributed by atoms with Gasteiger partial charge >= 0.3 is 5.97 Å². The van der Waals surface area contributed by atoms with Crippen molar-refractivity contribution >= 4 is 52.3 Å². The highest BCUT2D eigenvalue weighted by Gasteiger charge is 2.14. The second-order valence-electron chi connectivity index (χ2n) is 6.39. The summed E-state index contributed by atoms with van der Waals surface area (Å²) in [7, 11) is 0. The van der Waals surface area contributed by atoms with Crippen LogP contribution in [0.3, 0.4) is 0 Å². The van der Waals surface area contributed by atoms with Gasteiger partial charge in [-0.25, -0.2) is 10.2 Å². The molecule has 3 aromatic rings. The molecular formula is C23H18ClIN2O4. The highest BCUT2D eigenvalue weighted by molar-refractivity contribution is 14.1. The van der Waals surface area contributed by atoms with Crippen LogP contribution in [0.5, 0.6) is 11.5 Å². The smallest absolute Gasteiger partial charge is 0.344 e. The number of carbonyl (C=O) groups is 2. The Kier molecular flexibility index (Phi) is 8.02. The van der Waals surface area contributed by atoms with Crippen LogP contribution in [0.1, 0.15) is 22.8 Å². The molecule has 31 heavy (non-hydrogen) atoms. The van der Waals surface area contributed by atoms with E-state index in [1.54, 1.807) is 67.6 Å². The highest BCUT2D eigenvalue weighted by atomic mass is 127. The SMILES string of the molecule is C[C@H](Oc1ccc(Cl)cc1)C(=O)N/N=C\c1ccc(OC(=O)c2ccccc2I)cc1. The topological polar surface area (TPSA) is 77.0 Å². The monoisotopic (exact) mass is 548 g/mol. The molecule has 3 rings (SSSR count). The van der Waals surface area contributed by atoms with Crippen LogP contribution in [0.4, 0.5) is 0 Å². The first-order valence-corrected chi connectivity index (χ1v) is 10.7. The van der Waals surface area contributed by atoms with Gasteiger partial charge in [0.25, 0.3) is 5.91 Å². The molecule has 0 aliphatic carbocycles. The zero-order valence-electron chi connectivity index (χ0n) is 16.4. The van der Waals surface area contributed by atoms with Crippen molar-refractivity contribution < 1.29 is 19.1 Å². The molecule has 0 heterocycles. The first-order chi connectivity index (χ1) is 14.9. The number of esters is 1. The molecule has 158 valence electrons. The summed E-state index contributed by atoms with van der Waals surface area (Å²) in [5.41, 5.74) is 3.66. The van der Waals surface area contributed by atoms with Crippen LogP contribution in [-0.2, 0) is 4.79 Å². The molecule has 0 saturated heterocycles. The molecular weight excluding hydrogens is 531 g/mol. The first-order valence-electron chi connectivity index (χ1n) is 9.24. The normalized spacial score (nSPS) is 11.7. The summed E-state index contributed by atoms with van der Waals surface area (Å²) < 4.78 is 11.7. The Hall–Kier alpha value is -2.91. The third-order valence-corrected chi connectivity index (χ3v) is 5.26. The molecule has 0 unspecified atom stereocenters. The van der Waals surface area contributed by atoms with E-state index in [1.165, 1.54) is 6.21 Å². The molecule has 0 saturated carbocycles. The Morgan fingerprint density at radius 1 is 1.00 bits per heavy atom. The van der Waals surface area contributed by atoms with Gasteiger partial charge in [0.1, 0.15) is 11.5 Å². The quantitative estimate of drug-likeness (QED) is 0.147. The summed E-state index contributed by atoms with van der Waals surface area (Å²) in [5, 5.41) is 4.52. The number of carbonyl (C=O) groups excluding carboxylic acids is 2. The first kappa shape index (κ1) is 22.8. The van der Waals surface area contributed by atoms with E-state index >= 15 is 0 Å². The van der Waals surface area contributed by atoms with Crippen LogP contribution >= 0.6 is 34.2 Å². The number of benzene rings is 3. The van der Waals surface area contributed by atoms with Gasteiger partial charge in [0.05, 0.1) is 11.8 Å². The van der Waals surface area contributed by atoms with Gasteiger partial charge in [0.2, 0.25) is 0 Å². The third kappa shape index (κ3) is 6.80. The average Bonchev–Trinajstić information content (AvgIpc) is 2.76. The number of hydrogen-bond donors (Lipinski definition) is 1. The molecule has 0 bridgehead atoms. The van der Waals surface area contributed by atoms with Crippen LogP contribution in [0, 0.1) is 3.57 Å². The van der Waals surface area contributed by atoms with E-state index in [0.717, 1.165) is 9.13 Å². The predicted octanol–water partition coefficient (Wildman–Crippen LogP) is 5.08. The van der Waals surface area contributed by atoms with E-state index in [-0.39, 0.29) is 0 Å². The molecule has 8 heteroatoms. The number of amides is 1.